The van der Waals surface area contributed by atoms with Crippen molar-refractivity contribution in [3.05, 3.63) is 36.0 Å². The number of hydrogen-bond donors (Lipinski definition) is 1. The molecule has 0 radical (unpaired) electrons. The van der Waals surface area contributed by atoms with Crippen LogP contribution in [0.3, 0.4) is 0 Å². The van der Waals surface area contributed by atoms with Crippen LogP contribution >= 0.6 is 0 Å². The number of rotatable bonds is 8. The Kier molecular flexibility index (Phi) is 8.07. The van der Waals surface area contributed by atoms with Crippen molar-refractivity contribution in [2.45, 2.75) is 32.2 Å². The van der Waals surface area contributed by atoms with Crippen LogP contribution in [0.25, 0.3) is 0 Å². The largest absolute Gasteiger partial charge is 0.494 e. The molecule has 2 fully saturated rings. The van der Waals surface area contributed by atoms with Gasteiger partial charge in [0.2, 0.25) is 0 Å². The van der Waals surface area contributed by atoms with E-state index in [1.165, 1.54) is 31.8 Å². The molecule has 1 unspecified atom stereocenters. The van der Waals surface area contributed by atoms with Crippen LogP contribution in [-0.4, -0.2) is 74.0 Å². The van der Waals surface area contributed by atoms with Gasteiger partial charge in [0.1, 0.15) is 5.75 Å². The van der Waals surface area contributed by atoms with Crippen molar-refractivity contribution in [1.82, 2.24) is 9.80 Å². The number of morpholine rings is 1. The summed E-state index contributed by atoms with van der Waals surface area (Å²) in [6, 6.07) is 8.26. The number of amides is 1. The number of hydrogen-bond acceptors (Lipinski definition) is 6. The molecule has 0 spiro atoms. The summed E-state index contributed by atoms with van der Waals surface area (Å²) in [6.45, 7) is 7.57. The molecule has 1 aromatic carbocycles. The maximum Gasteiger partial charge on any atom is 0.257 e. The van der Waals surface area contributed by atoms with Crippen molar-refractivity contribution in [3.63, 3.8) is 0 Å². The van der Waals surface area contributed by atoms with Gasteiger partial charge in [0.15, 0.2) is 0 Å². The summed E-state index contributed by atoms with van der Waals surface area (Å²) in [5.41, 5.74) is 6.76. The van der Waals surface area contributed by atoms with Crippen LogP contribution in [0, 0.1) is 0 Å². The van der Waals surface area contributed by atoms with Gasteiger partial charge in [-0.1, -0.05) is 0 Å². The van der Waals surface area contributed by atoms with Gasteiger partial charge in [-0.3, -0.25) is 9.79 Å². The van der Waals surface area contributed by atoms with Crippen LogP contribution in [0.5, 0.6) is 5.75 Å². The zero-order chi connectivity index (χ0) is 20.5. The monoisotopic (exact) mass is 400 g/mol. The van der Waals surface area contributed by atoms with E-state index < -0.39 is 0 Å². The zero-order valence-electron chi connectivity index (χ0n) is 17.3. The van der Waals surface area contributed by atoms with Gasteiger partial charge < -0.3 is 25.0 Å². The van der Waals surface area contributed by atoms with E-state index in [1.807, 2.05) is 24.3 Å². The highest BCUT2D eigenvalue weighted by atomic mass is 16.5. The Balaban J connectivity index is 1.44. The molecule has 0 aliphatic carbocycles. The highest BCUT2D eigenvalue weighted by Gasteiger charge is 2.20. The Morgan fingerprint density at radius 1 is 1.28 bits per heavy atom. The van der Waals surface area contributed by atoms with E-state index in [4.69, 9.17) is 15.2 Å². The average molecular weight is 401 g/mol. The minimum absolute atomic E-state index is 0.119. The molecule has 1 atom stereocenters. The molecule has 158 valence electrons. The quantitative estimate of drug-likeness (QED) is 0.412. The molecular weight excluding hydrogens is 368 g/mol. The van der Waals surface area contributed by atoms with E-state index in [9.17, 15) is 4.79 Å². The lowest BCUT2D eigenvalue weighted by Crippen LogP contribution is -2.41. The summed E-state index contributed by atoms with van der Waals surface area (Å²) in [6.07, 6.45) is 6.47. The second kappa shape index (κ2) is 11.0. The molecule has 7 heteroatoms. The highest BCUT2D eigenvalue weighted by Crippen LogP contribution is 2.19. The van der Waals surface area contributed by atoms with Crippen molar-refractivity contribution in [1.29, 1.82) is 0 Å². The number of carbonyl (C=O) groups excluding carboxylic acids is 1. The summed E-state index contributed by atoms with van der Waals surface area (Å²) in [7, 11) is 0. The van der Waals surface area contributed by atoms with Crippen molar-refractivity contribution in [3.8, 4) is 5.75 Å². The van der Waals surface area contributed by atoms with Crippen molar-refractivity contribution >= 4 is 17.8 Å². The summed E-state index contributed by atoms with van der Waals surface area (Å²) >= 11 is 0. The Hall–Kier alpha value is -2.38. The molecule has 2 heterocycles. The number of carbonyl (C=O) groups is 1. The van der Waals surface area contributed by atoms with Gasteiger partial charge >= 0.3 is 0 Å². The van der Waals surface area contributed by atoms with E-state index in [2.05, 4.69) is 16.8 Å². The molecule has 2 N–H and O–H groups in total. The predicted octanol–water partition coefficient (Wildman–Crippen LogP) is 2.34. The van der Waals surface area contributed by atoms with E-state index in [0.717, 1.165) is 24.4 Å². The number of likely N-dealkylation sites (tertiary alicyclic amines) is 1. The maximum absolute atomic E-state index is 12.5. The van der Waals surface area contributed by atoms with Gasteiger partial charge in [0.05, 0.1) is 31.1 Å². The first-order valence-electron chi connectivity index (χ1n) is 10.5. The van der Waals surface area contributed by atoms with Crippen molar-refractivity contribution in [2.24, 2.45) is 10.7 Å². The molecule has 1 amide bonds. The predicted molar refractivity (Wildman–Crippen MR) is 115 cm³/mol. The molecule has 1 aromatic rings. The molecule has 0 aromatic heterocycles. The fraction of sp³-hybridized carbons (Fsp3) is 0.545. The first-order valence-corrected chi connectivity index (χ1v) is 10.5. The molecule has 29 heavy (non-hydrogen) atoms. The molecule has 0 saturated carbocycles. The van der Waals surface area contributed by atoms with Gasteiger partial charge in [-0.15, -0.1) is 0 Å². The number of ether oxygens (including phenoxy) is 2. The van der Waals surface area contributed by atoms with Crippen LogP contribution in [0.2, 0.25) is 0 Å². The van der Waals surface area contributed by atoms with Crippen LogP contribution in [0.1, 0.15) is 26.2 Å². The minimum atomic E-state index is -0.119. The van der Waals surface area contributed by atoms with Gasteiger partial charge in [0, 0.05) is 38.1 Å². The van der Waals surface area contributed by atoms with Crippen LogP contribution in [-0.2, 0) is 9.53 Å². The third-order valence-corrected chi connectivity index (χ3v) is 5.46. The highest BCUT2D eigenvalue weighted by molar-refractivity contribution is 6.12. The lowest BCUT2D eigenvalue weighted by molar-refractivity contribution is -0.130. The van der Waals surface area contributed by atoms with Crippen LogP contribution in [0.15, 0.2) is 41.0 Å². The van der Waals surface area contributed by atoms with Crippen molar-refractivity contribution in [2.75, 3.05) is 46.0 Å². The fourth-order valence-corrected chi connectivity index (χ4v) is 3.67. The molecule has 7 nitrogen and oxygen atoms in total. The Bertz CT molecular complexity index is 711. The molecule has 3 rings (SSSR count). The minimum Gasteiger partial charge on any atom is -0.494 e. The molecule has 2 aliphatic rings. The van der Waals surface area contributed by atoms with Gasteiger partial charge in [-0.05, 0) is 57.0 Å². The third kappa shape index (κ3) is 6.30. The number of benzene rings is 1. The summed E-state index contributed by atoms with van der Waals surface area (Å²) in [4.78, 5) is 21.1. The lowest BCUT2D eigenvalue weighted by atomic mass is 10.2. The van der Waals surface area contributed by atoms with Gasteiger partial charge in [-0.2, -0.15) is 0 Å². The van der Waals surface area contributed by atoms with E-state index in [1.54, 1.807) is 4.90 Å². The number of nitrogens with two attached hydrogens (primary N) is 1. The van der Waals surface area contributed by atoms with Crippen LogP contribution in [0.4, 0.5) is 5.69 Å². The fourth-order valence-electron chi connectivity index (χ4n) is 3.67. The summed E-state index contributed by atoms with van der Waals surface area (Å²) in [5.74, 6) is 0.712. The maximum atomic E-state index is 12.5. The molecule has 2 saturated heterocycles. The Morgan fingerprint density at radius 2 is 2.03 bits per heavy atom. The lowest BCUT2D eigenvalue weighted by Gasteiger charge is -2.26. The Morgan fingerprint density at radius 3 is 2.69 bits per heavy atom. The molecule has 0 bridgehead atoms. The smallest absolute Gasteiger partial charge is 0.257 e. The second-order valence-electron chi connectivity index (χ2n) is 7.51. The topological polar surface area (TPSA) is 80.4 Å². The summed E-state index contributed by atoms with van der Waals surface area (Å²) < 4.78 is 11.1. The molecule has 2 aliphatic heterocycles. The first-order chi connectivity index (χ1) is 14.2. The summed E-state index contributed by atoms with van der Waals surface area (Å²) in [5, 5.41) is 0. The molecular formula is C22H32N4O3. The normalized spacial score (nSPS) is 21.1. The third-order valence-electron chi connectivity index (χ3n) is 5.46. The standard InChI is InChI=1S/C22H32N4O3/c1-18-4-2-9-25(18)10-3-13-29-21-7-5-20(6-8-21)24-17-19(16-23)22(27)26-11-14-28-15-12-26/h5-8,16-18H,2-4,9-15,23H2,1H3. The zero-order valence-corrected chi connectivity index (χ0v) is 17.3. The van der Waals surface area contributed by atoms with E-state index >= 15 is 0 Å². The number of nitrogens with zero attached hydrogens (tertiary/aromatic N) is 3. The number of aliphatic imine (C=N–C) groups is 1. The Labute approximate surface area is 173 Å². The van der Waals surface area contributed by atoms with Gasteiger partial charge in [0.25, 0.3) is 5.91 Å². The van der Waals surface area contributed by atoms with Crippen molar-refractivity contribution < 1.29 is 14.3 Å². The van der Waals surface area contributed by atoms with E-state index in [-0.39, 0.29) is 5.91 Å². The first kappa shape index (κ1) is 21.3. The van der Waals surface area contributed by atoms with Gasteiger partial charge in [-0.25, -0.2) is 0 Å². The average Bonchev–Trinajstić information content (AvgIpc) is 3.17. The SMILES string of the molecule is CC1CCCN1CCCOc1ccc(N=CC(=CN)C(=O)N2CCOCC2)cc1. The van der Waals surface area contributed by atoms with Crippen LogP contribution < -0.4 is 10.5 Å². The van der Waals surface area contributed by atoms with E-state index in [0.29, 0.717) is 44.5 Å². The second-order valence-corrected chi connectivity index (χ2v) is 7.51.